The summed E-state index contributed by atoms with van der Waals surface area (Å²) in [7, 11) is 1.58. The van der Waals surface area contributed by atoms with Crippen LogP contribution >= 0.6 is 0 Å². The summed E-state index contributed by atoms with van der Waals surface area (Å²) in [5.41, 5.74) is -1.86. The number of piperidine rings is 1. The molecule has 15 nitrogen and oxygen atoms in total. The number of rotatable bonds is 10. The van der Waals surface area contributed by atoms with Crippen molar-refractivity contribution in [2.45, 2.75) is 41.4 Å². The van der Waals surface area contributed by atoms with Crippen LogP contribution in [-0.4, -0.2) is 126 Å². The van der Waals surface area contributed by atoms with Crippen LogP contribution in [-0.2, 0) is 25.1 Å². The Morgan fingerprint density at radius 1 is 1.02 bits per heavy atom. The molecule has 4 aliphatic heterocycles. The number of nitrogens with one attached hydrogen (secondary N) is 1. The molecule has 7 rings (SSSR count). The molecule has 0 unspecified atom stereocenters. The van der Waals surface area contributed by atoms with Gasteiger partial charge in [-0.1, -0.05) is 0 Å². The normalized spacial score (nSPS) is 21.3. The maximum absolute atomic E-state index is 15.1. The first kappa shape index (κ1) is 35.5. The quantitative estimate of drug-likeness (QED) is 0.323. The number of carbonyl (C=O) groups excluding carboxylic acids is 2. The molecule has 52 heavy (non-hydrogen) atoms. The van der Waals surface area contributed by atoms with Gasteiger partial charge in [-0.05, 0) is 62.4 Å². The van der Waals surface area contributed by atoms with Gasteiger partial charge >= 0.3 is 6.03 Å². The van der Waals surface area contributed by atoms with Crippen molar-refractivity contribution in [2.24, 2.45) is 0 Å². The van der Waals surface area contributed by atoms with E-state index in [1.165, 1.54) is 63.9 Å². The van der Waals surface area contributed by atoms with E-state index in [9.17, 15) is 18.5 Å². The lowest BCUT2D eigenvalue weighted by molar-refractivity contribution is -0.121. The zero-order chi connectivity index (χ0) is 36.8. The van der Waals surface area contributed by atoms with Crippen LogP contribution in [0.5, 0.6) is 17.4 Å². The van der Waals surface area contributed by atoms with E-state index in [1.807, 2.05) is 0 Å². The van der Waals surface area contributed by atoms with E-state index in [0.717, 1.165) is 39.1 Å². The van der Waals surface area contributed by atoms with Gasteiger partial charge in [0.25, 0.3) is 15.9 Å². The second-order valence-corrected chi connectivity index (χ2v) is 15.1. The molecule has 0 bridgehead atoms. The molecule has 5 heterocycles. The van der Waals surface area contributed by atoms with Crippen molar-refractivity contribution < 1.29 is 37.0 Å². The van der Waals surface area contributed by atoms with E-state index < -0.39 is 27.5 Å². The van der Waals surface area contributed by atoms with Gasteiger partial charge < -0.3 is 29.2 Å². The average molecular weight is 732 g/mol. The van der Waals surface area contributed by atoms with Crippen LogP contribution in [0, 0.1) is 11.3 Å². The monoisotopic (exact) mass is 731 g/mol. The smallest absolute Gasteiger partial charge is 0.318 e. The molecule has 274 valence electrons. The zero-order valence-electron chi connectivity index (χ0n) is 29.4. The fourth-order valence-corrected chi connectivity index (χ4v) is 9.19. The number of hydrogen-bond acceptors (Lipinski definition) is 12. The first-order valence-corrected chi connectivity index (χ1v) is 18.5. The van der Waals surface area contributed by atoms with Crippen LogP contribution in [0.3, 0.4) is 0 Å². The molecular formula is C36H41N7O8S. The van der Waals surface area contributed by atoms with Gasteiger partial charge in [-0.3, -0.25) is 14.6 Å². The highest BCUT2D eigenvalue weighted by Crippen LogP contribution is 2.50. The van der Waals surface area contributed by atoms with Gasteiger partial charge in [-0.25, -0.2) is 18.2 Å². The zero-order valence-corrected chi connectivity index (χ0v) is 30.3. The second kappa shape index (κ2) is 13.9. The fourth-order valence-electron chi connectivity index (χ4n) is 7.58. The first-order chi connectivity index (χ1) is 25.1. The number of methoxy groups -OCH3 is 3. The van der Waals surface area contributed by atoms with Crippen LogP contribution in [0.25, 0.3) is 0 Å². The summed E-state index contributed by atoms with van der Waals surface area (Å²) < 4.78 is 51.4. The van der Waals surface area contributed by atoms with E-state index >= 15 is 4.79 Å². The van der Waals surface area contributed by atoms with Crippen molar-refractivity contribution in [3.05, 3.63) is 71.4 Å². The number of aromatic nitrogens is 1. The molecule has 0 saturated carbocycles. The third-order valence-corrected chi connectivity index (χ3v) is 12.5. The predicted molar refractivity (Wildman–Crippen MR) is 188 cm³/mol. The van der Waals surface area contributed by atoms with Crippen molar-refractivity contribution in [1.82, 2.24) is 25.0 Å². The SMILES string of the molecule is COc1ccc(S(=O)(=O)N2C(=O)[C@@](NC(=O)N3CC(N4CCC(N(C)C5COC5)CC4)C3)(c3cccnc3OC)c3cc(C#N)ccc32)c(OC)c1. The highest BCUT2D eigenvalue weighted by Gasteiger charge is 2.59. The Bertz CT molecular complexity index is 2020. The van der Waals surface area contributed by atoms with E-state index in [2.05, 4.69) is 33.2 Å². The molecule has 16 heteroatoms. The first-order valence-electron chi connectivity index (χ1n) is 17.0. The lowest BCUT2D eigenvalue weighted by Crippen LogP contribution is -2.67. The number of ether oxygens (including phenoxy) is 4. The average Bonchev–Trinajstić information content (AvgIpc) is 3.37. The highest BCUT2D eigenvalue weighted by molar-refractivity contribution is 7.93. The summed E-state index contributed by atoms with van der Waals surface area (Å²) in [6, 6.07) is 14.1. The number of pyridine rings is 1. The maximum atomic E-state index is 15.1. The summed E-state index contributed by atoms with van der Waals surface area (Å²) in [6.07, 6.45) is 3.51. The standard InChI is InChI=1S/C36H41N7O8S/c1-40(26-21-51-22-26)24-11-14-41(15-12-24)25-19-42(20-25)35(45)39-36(28-6-5-13-38-33(28)50-4)29-16-23(18-37)7-9-30(29)43(34(36)44)52(46,47)32-10-8-27(48-2)17-31(32)49-3/h5-10,13,16-17,24-26H,11-12,14-15,19-22H2,1-4H3,(H,39,45)/t36-/m1/s1. The molecule has 1 atom stereocenters. The van der Waals surface area contributed by atoms with Crippen molar-refractivity contribution in [2.75, 3.05) is 72.1 Å². The summed E-state index contributed by atoms with van der Waals surface area (Å²) in [5.74, 6) is -0.719. The summed E-state index contributed by atoms with van der Waals surface area (Å²) in [5, 5.41) is 12.8. The summed E-state index contributed by atoms with van der Waals surface area (Å²) in [4.78, 5) is 39.8. The Hall–Kier alpha value is -4.95. The van der Waals surface area contributed by atoms with Gasteiger partial charge in [0, 0.05) is 56.1 Å². The number of amides is 3. The van der Waals surface area contributed by atoms with Crippen LogP contribution in [0.2, 0.25) is 0 Å². The van der Waals surface area contributed by atoms with Gasteiger partial charge in [0.1, 0.15) is 16.4 Å². The number of anilines is 1. The molecular weight excluding hydrogens is 691 g/mol. The second-order valence-electron chi connectivity index (χ2n) is 13.4. The van der Waals surface area contributed by atoms with Gasteiger partial charge in [-0.2, -0.15) is 9.57 Å². The number of likely N-dealkylation sites (tertiary alicyclic amines) is 2. The Kier molecular flexibility index (Phi) is 9.46. The molecule has 0 spiro atoms. The molecule has 2 aromatic carbocycles. The third-order valence-electron chi connectivity index (χ3n) is 10.7. The number of carbonyl (C=O) groups is 2. The fraction of sp³-hybridized carbons (Fsp3) is 0.444. The van der Waals surface area contributed by atoms with Crippen LogP contribution in [0.15, 0.2) is 59.6 Å². The third kappa shape index (κ3) is 5.77. The summed E-state index contributed by atoms with van der Waals surface area (Å²) in [6.45, 7) is 4.22. The number of nitrogens with zero attached hydrogens (tertiary/aromatic N) is 6. The largest absolute Gasteiger partial charge is 0.497 e. The number of sulfonamides is 1. The van der Waals surface area contributed by atoms with Gasteiger partial charge in [-0.15, -0.1) is 0 Å². The Morgan fingerprint density at radius 3 is 2.40 bits per heavy atom. The minimum Gasteiger partial charge on any atom is -0.497 e. The van der Waals surface area contributed by atoms with E-state index in [1.54, 1.807) is 17.0 Å². The topological polar surface area (TPSA) is 167 Å². The number of likely N-dealkylation sites (N-methyl/N-ethyl adjacent to an activating group) is 1. The number of fused-ring (bicyclic) bond motifs is 1. The number of nitriles is 1. The van der Waals surface area contributed by atoms with Crippen LogP contribution in [0.4, 0.5) is 10.5 Å². The van der Waals surface area contributed by atoms with Crippen molar-refractivity contribution >= 4 is 27.6 Å². The Labute approximate surface area is 302 Å². The number of benzene rings is 2. The lowest BCUT2D eigenvalue weighted by atomic mass is 9.83. The molecule has 0 aliphatic carbocycles. The molecule has 1 aromatic heterocycles. The van der Waals surface area contributed by atoms with Crippen molar-refractivity contribution in [1.29, 1.82) is 5.26 Å². The summed E-state index contributed by atoms with van der Waals surface area (Å²) >= 11 is 0. The maximum Gasteiger partial charge on any atom is 0.318 e. The number of hydrogen-bond donors (Lipinski definition) is 1. The minimum absolute atomic E-state index is 0.00600. The van der Waals surface area contributed by atoms with E-state index in [4.69, 9.17) is 18.9 Å². The predicted octanol–water partition coefficient (Wildman–Crippen LogP) is 2.15. The van der Waals surface area contributed by atoms with Crippen LogP contribution < -0.4 is 23.8 Å². The van der Waals surface area contributed by atoms with Gasteiger partial charge in [0.05, 0.1) is 63.5 Å². The molecule has 3 saturated heterocycles. The van der Waals surface area contributed by atoms with Crippen LogP contribution in [0.1, 0.15) is 29.5 Å². The highest BCUT2D eigenvalue weighted by atomic mass is 32.2. The molecule has 1 N–H and O–H groups in total. The molecule has 0 radical (unpaired) electrons. The minimum atomic E-state index is -4.70. The number of urea groups is 1. The van der Waals surface area contributed by atoms with E-state index in [-0.39, 0.29) is 44.9 Å². The molecule has 3 aromatic rings. The Balaban J connectivity index is 1.22. The van der Waals surface area contributed by atoms with E-state index in [0.29, 0.717) is 35.2 Å². The lowest BCUT2D eigenvalue weighted by Gasteiger charge is -2.50. The van der Waals surface area contributed by atoms with Gasteiger partial charge in [0.2, 0.25) is 5.88 Å². The molecule has 3 fully saturated rings. The van der Waals surface area contributed by atoms with Crippen molar-refractivity contribution in [3.63, 3.8) is 0 Å². The Morgan fingerprint density at radius 2 is 1.77 bits per heavy atom. The molecule has 3 amide bonds. The van der Waals surface area contributed by atoms with Crippen molar-refractivity contribution in [3.8, 4) is 23.4 Å². The molecule has 4 aliphatic rings. The van der Waals surface area contributed by atoms with Gasteiger partial charge in [0.15, 0.2) is 5.54 Å².